The van der Waals surface area contributed by atoms with Crippen LogP contribution in [0.25, 0.3) is 33.4 Å². The average molecular weight is 361 g/mol. The molecule has 0 spiro atoms. The fourth-order valence-electron chi connectivity index (χ4n) is 4.86. The summed E-state index contributed by atoms with van der Waals surface area (Å²) in [4.78, 5) is 0. The predicted molar refractivity (Wildman–Crippen MR) is 120 cm³/mol. The predicted octanol–water partition coefficient (Wildman–Crippen LogP) is 7.64. The molecule has 0 amide bonds. The molecule has 136 valence electrons. The number of fused-ring (bicyclic) bond motifs is 7. The van der Waals surface area contributed by atoms with Gasteiger partial charge in [-0.2, -0.15) is 0 Å². The fourth-order valence-corrected chi connectivity index (χ4v) is 4.86. The molecular formula is C28H24. The number of aryl methyl sites for hydroxylation is 1. The van der Waals surface area contributed by atoms with Crippen molar-refractivity contribution in [2.75, 3.05) is 0 Å². The van der Waals surface area contributed by atoms with Crippen LogP contribution in [-0.2, 0) is 5.41 Å². The third-order valence-corrected chi connectivity index (χ3v) is 6.25. The van der Waals surface area contributed by atoms with E-state index in [-0.39, 0.29) is 5.41 Å². The summed E-state index contributed by atoms with van der Waals surface area (Å²) in [6.07, 6.45) is 0. The second kappa shape index (κ2) is 6.21. The molecule has 0 bridgehead atoms. The van der Waals surface area contributed by atoms with Crippen molar-refractivity contribution in [1.82, 2.24) is 0 Å². The van der Waals surface area contributed by atoms with Crippen LogP contribution >= 0.6 is 0 Å². The molecule has 28 heavy (non-hydrogen) atoms. The molecule has 0 saturated carbocycles. The Labute approximate surface area is 167 Å². The normalized spacial score (nSPS) is 13.8. The number of rotatable bonds is 0. The van der Waals surface area contributed by atoms with Crippen LogP contribution in [0.1, 0.15) is 30.5 Å². The van der Waals surface area contributed by atoms with Crippen molar-refractivity contribution < 1.29 is 0 Å². The largest absolute Gasteiger partial charge is 0.0619 e. The van der Waals surface area contributed by atoms with Gasteiger partial charge in [-0.1, -0.05) is 105 Å². The highest BCUT2D eigenvalue weighted by Gasteiger charge is 2.31. The molecule has 4 aromatic carbocycles. The lowest BCUT2D eigenvalue weighted by atomic mass is 9.73. The van der Waals surface area contributed by atoms with Crippen molar-refractivity contribution in [3.8, 4) is 33.4 Å². The second-order valence-corrected chi connectivity index (χ2v) is 8.26. The summed E-state index contributed by atoms with van der Waals surface area (Å²) in [7, 11) is 0. The Morgan fingerprint density at radius 3 is 1.61 bits per heavy atom. The topological polar surface area (TPSA) is 0 Å². The van der Waals surface area contributed by atoms with E-state index in [1.165, 1.54) is 50.1 Å². The Kier molecular flexibility index (Phi) is 3.77. The molecule has 4 aromatic rings. The monoisotopic (exact) mass is 360 g/mol. The zero-order valence-electron chi connectivity index (χ0n) is 16.7. The van der Waals surface area contributed by atoms with Gasteiger partial charge < -0.3 is 0 Å². The van der Waals surface area contributed by atoms with Crippen LogP contribution in [0, 0.1) is 6.92 Å². The van der Waals surface area contributed by atoms with Gasteiger partial charge in [0.05, 0.1) is 0 Å². The highest BCUT2D eigenvalue weighted by molar-refractivity contribution is 5.95. The van der Waals surface area contributed by atoms with E-state index in [1.807, 2.05) is 0 Å². The number of hydrogen-bond donors (Lipinski definition) is 0. The summed E-state index contributed by atoms with van der Waals surface area (Å²) in [5.41, 5.74) is 11.9. The molecule has 0 N–H and O–H groups in total. The Bertz CT molecular complexity index is 1190. The molecule has 0 aliphatic heterocycles. The van der Waals surface area contributed by atoms with E-state index < -0.39 is 0 Å². The molecule has 5 rings (SSSR count). The fraction of sp³-hybridized carbons (Fsp3) is 0.143. The van der Waals surface area contributed by atoms with Crippen LogP contribution in [0.3, 0.4) is 0 Å². The highest BCUT2D eigenvalue weighted by atomic mass is 14.3. The van der Waals surface area contributed by atoms with E-state index >= 15 is 0 Å². The Hall–Kier alpha value is -3.12. The van der Waals surface area contributed by atoms with Gasteiger partial charge in [-0.05, 0) is 57.0 Å². The van der Waals surface area contributed by atoms with Crippen LogP contribution in [0.15, 0.2) is 91.0 Å². The minimum absolute atomic E-state index is 0.107. The first-order valence-corrected chi connectivity index (χ1v) is 9.98. The van der Waals surface area contributed by atoms with E-state index in [2.05, 4.69) is 112 Å². The summed E-state index contributed by atoms with van der Waals surface area (Å²) < 4.78 is 0. The van der Waals surface area contributed by atoms with E-state index in [0.717, 1.165) is 0 Å². The van der Waals surface area contributed by atoms with Crippen LogP contribution in [0.4, 0.5) is 0 Å². The zero-order valence-corrected chi connectivity index (χ0v) is 16.7. The minimum atomic E-state index is -0.107. The molecule has 0 atom stereocenters. The molecule has 0 saturated heterocycles. The van der Waals surface area contributed by atoms with Crippen LogP contribution in [0.5, 0.6) is 0 Å². The summed E-state index contributed by atoms with van der Waals surface area (Å²) in [6.45, 7) is 6.95. The van der Waals surface area contributed by atoms with Gasteiger partial charge in [-0.25, -0.2) is 0 Å². The van der Waals surface area contributed by atoms with Gasteiger partial charge in [0.1, 0.15) is 0 Å². The van der Waals surface area contributed by atoms with Gasteiger partial charge in [0.25, 0.3) is 0 Å². The Morgan fingerprint density at radius 1 is 0.464 bits per heavy atom. The van der Waals surface area contributed by atoms with Gasteiger partial charge in [-0.3, -0.25) is 0 Å². The van der Waals surface area contributed by atoms with Crippen LogP contribution in [-0.4, -0.2) is 0 Å². The molecular weight excluding hydrogens is 336 g/mol. The maximum Gasteiger partial charge on any atom is 0.0158 e. The van der Waals surface area contributed by atoms with Crippen molar-refractivity contribution in [1.29, 1.82) is 0 Å². The molecule has 0 aromatic heterocycles. The lowest BCUT2D eigenvalue weighted by molar-refractivity contribution is 0.645. The molecule has 0 nitrogen and oxygen atoms in total. The first kappa shape index (κ1) is 17.0. The molecule has 0 heteroatoms. The highest BCUT2D eigenvalue weighted by Crippen LogP contribution is 2.49. The zero-order chi connectivity index (χ0) is 19.3. The van der Waals surface area contributed by atoms with E-state index in [1.54, 1.807) is 0 Å². The van der Waals surface area contributed by atoms with Crippen molar-refractivity contribution in [3.05, 3.63) is 108 Å². The average Bonchev–Trinajstić information content (AvgIpc) is 2.76. The second-order valence-electron chi connectivity index (χ2n) is 8.26. The van der Waals surface area contributed by atoms with Crippen molar-refractivity contribution in [3.63, 3.8) is 0 Å². The molecule has 0 radical (unpaired) electrons. The lowest BCUT2D eigenvalue weighted by Crippen LogP contribution is -2.21. The van der Waals surface area contributed by atoms with E-state index in [4.69, 9.17) is 0 Å². The summed E-state index contributed by atoms with van der Waals surface area (Å²) in [5.74, 6) is 0. The molecule has 0 heterocycles. The van der Waals surface area contributed by atoms with Gasteiger partial charge in [0.2, 0.25) is 0 Å². The molecule has 1 aliphatic rings. The molecule has 1 aliphatic carbocycles. The third-order valence-electron chi connectivity index (χ3n) is 6.25. The van der Waals surface area contributed by atoms with Gasteiger partial charge in [-0.15, -0.1) is 0 Å². The van der Waals surface area contributed by atoms with E-state index in [0.29, 0.717) is 0 Å². The van der Waals surface area contributed by atoms with Crippen molar-refractivity contribution in [2.24, 2.45) is 0 Å². The summed E-state index contributed by atoms with van der Waals surface area (Å²) >= 11 is 0. The quantitative estimate of drug-likeness (QED) is 0.302. The Balaban J connectivity index is 2.04. The maximum absolute atomic E-state index is 2.36. The van der Waals surface area contributed by atoms with Gasteiger partial charge >= 0.3 is 0 Å². The van der Waals surface area contributed by atoms with E-state index in [9.17, 15) is 0 Å². The molecule has 0 fully saturated rings. The van der Waals surface area contributed by atoms with Gasteiger partial charge in [0.15, 0.2) is 0 Å². The first-order valence-electron chi connectivity index (χ1n) is 9.98. The lowest BCUT2D eigenvalue weighted by Gasteiger charge is -2.30. The first-order chi connectivity index (χ1) is 13.6. The van der Waals surface area contributed by atoms with Crippen molar-refractivity contribution >= 4 is 0 Å². The minimum Gasteiger partial charge on any atom is -0.0619 e. The van der Waals surface area contributed by atoms with Gasteiger partial charge in [0, 0.05) is 5.41 Å². The summed E-state index contributed by atoms with van der Waals surface area (Å²) in [6, 6.07) is 33.4. The SMILES string of the molecule is Cc1cccc2c1-c1ccccc1C(C)(C)c1ccccc1-c1ccccc1-2. The Morgan fingerprint density at radius 2 is 0.929 bits per heavy atom. The number of hydrogen-bond acceptors (Lipinski definition) is 0. The molecule has 0 unspecified atom stereocenters. The summed E-state index contributed by atoms with van der Waals surface area (Å²) in [5, 5.41) is 0. The van der Waals surface area contributed by atoms with Crippen LogP contribution in [0.2, 0.25) is 0 Å². The third kappa shape index (κ3) is 2.38. The smallest absolute Gasteiger partial charge is 0.0158 e. The number of benzene rings is 4. The van der Waals surface area contributed by atoms with Crippen LogP contribution < -0.4 is 0 Å². The standard InChI is InChI=1S/C28H24/c1-19-11-10-16-23-21-13-5-4-12-20(21)22-14-6-8-17-25(22)28(2,3)26-18-9-7-15-24(26)27(19)23/h4-18H,1-3H3. The maximum atomic E-state index is 2.36. The van der Waals surface area contributed by atoms with Crippen molar-refractivity contribution in [2.45, 2.75) is 26.2 Å².